The number of hydrogen-bond acceptors (Lipinski definition) is 3. The van der Waals surface area contributed by atoms with Gasteiger partial charge in [0.2, 0.25) is 0 Å². The molecule has 16 heavy (non-hydrogen) atoms. The topological polar surface area (TPSA) is 16.1 Å². The van der Waals surface area contributed by atoms with Gasteiger partial charge in [-0.2, -0.15) is 0 Å². The Morgan fingerprint density at radius 2 is 2.00 bits per heavy atom. The number of aromatic nitrogens is 1. The van der Waals surface area contributed by atoms with Gasteiger partial charge in [-0.25, -0.2) is 4.98 Å². The normalized spacial score (nSPS) is 16.6. The van der Waals surface area contributed by atoms with Gasteiger partial charge in [0.05, 0.1) is 5.69 Å². The van der Waals surface area contributed by atoms with E-state index < -0.39 is 0 Å². The van der Waals surface area contributed by atoms with E-state index in [2.05, 4.69) is 33.5 Å². The number of nitrogens with zero attached hydrogens (tertiary/aromatic N) is 2. The molecule has 1 aliphatic heterocycles. The second-order valence-electron chi connectivity index (χ2n) is 4.01. The third-order valence-corrected chi connectivity index (χ3v) is 3.86. The summed E-state index contributed by atoms with van der Waals surface area (Å²) in [4.78, 5) is 8.02. The Morgan fingerprint density at radius 3 is 2.81 bits per heavy atom. The van der Waals surface area contributed by atoms with E-state index in [9.17, 15) is 0 Å². The fourth-order valence-electron chi connectivity index (χ4n) is 2.15. The molecule has 0 saturated heterocycles. The van der Waals surface area contributed by atoms with Crippen molar-refractivity contribution in [1.29, 1.82) is 0 Å². The summed E-state index contributed by atoms with van der Waals surface area (Å²) in [7, 11) is 0. The van der Waals surface area contributed by atoms with Crippen LogP contribution in [0.3, 0.4) is 0 Å². The van der Waals surface area contributed by atoms with Crippen molar-refractivity contribution in [2.45, 2.75) is 12.8 Å². The Kier molecular flexibility index (Phi) is 2.62. The molecule has 0 radical (unpaired) electrons. The van der Waals surface area contributed by atoms with Gasteiger partial charge in [0.1, 0.15) is 4.83 Å². The molecule has 2 aromatic heterocycles. The summed E-state index contributed by atoms with van der Waals surface area (Å²) in [6.07, 6.45) is 8.74. The average molecular weight is 230 g/mol. The molecule has 0 unspecified atom stereocenters. The quantitative estimate of drug-likeness (QED) is 0.697. The second-order valence-corrected chi connectivity index (χ2v) is 4.87. The van der Waals surface area contributed by atoms with Crippen molar-refractivity contribution in [2.75, 3.05) is 18.0 Å². The first kappa shape index (κ1) is 9.85. The Balaban J connectivity index is 1.98. The standard InChI is InChI=1S/C13H14N2S/c1-2-4-9-15(8-3-1)12-10-16-13-11(12)6-5-7-14-13/h1-2,5-7,10H,3-4,8-9H2. The minimum absolute atomic E-state index is 1.12. The lowest BCUT2D eigenvalue weighted by molar-refractivity contribution is 0.817. The van der Waals surface area contributed by atoms with Crippen LogP contribution < -0.4 is 4.90 Å². The summed E-state index contributed by atoms with van der Waals surface area (Å²) >= 11 is 1.74. The van der Waals surface area contributed by atoms with E-state index in [1.807, 2.05) is 12.3 Å². The number of pyridine rings is 1. The van der Waals surface area contributed by atoms with Gasteiger partial charge in [0, 0.05) is 30.1 Å². The van der Waals surface area contributed by atoms with Crippen molar-refractivity contribution in [3.05, 3.63) is 35.9 Å². The first-order valence-corrected chi connectivity index (χ1v) is 6.55. The van der Waals surface area contributed by atoms with Crippen LogP contribution in [0.2, 0.25) is 0 Å². The SMILES string of the molecule is C1=CCCN(c2csc3ncccc23)CC1. The molecule has 0 bridgehead atoms. The van der Waals surface area contributed by atoms with Crippen LogP contribution in [0, 0.1) is 0 Å². The molecule has 0 N–H and O–H groups in total. The van der Waals surface area contributed by atoms with E-state index in [4.69, 9.17) is 0 Å². The Hall–Kier alpha value is -1.35. The van der Waals surface area contributed by atoms with Crippen LogP contribution in [0.5, 0.6) is 0 Å². The van der Waals surface area contributed by atoms with Gasteiger partial charge in [-0.15, -0.1) is 11.3 Å². The molecule has 2 aromatic rings. The molecular formula is C13H14N2S. The Labute approximate surface area is 99.2 Å². The van der Waals surface area contributed by atoms with Crippen LogP contribution in [-0.4, -0.2) is 18.1 Å². The predicted octanol–water partition coefficient (Wildman–Crippen LogP) is 3.45. The van der Waals surface area contributed by atoms with E-state index in [-0.39, 0.29) is 0 Å². The number of hydrogen-bond donors (Lipinski definition) is 0. The van der Waals surface area contributed by atoms with Crippen LogP contribution >= 0.6 is 11.3 Å². The highest BCUT2D eigenvalue weighted by atomic mass is 32.1. The Morgan fingerprint density at radius 1 is 1.19 bits per heavy atom. The van der Waals surface area contributed by atoms with Gasteiger partial charge in [-0.1, -0.05) is 12.2 Å². The number of anilines is 1. The predicted molar refractivity (Wildman–Crippen MR) is 70.2 cm³/mol. The molecule has 1 aliphatic rings. The summed E-state index contributed by atoms with van der Waals surface area (Å²) in [6, 6.07) is 4.20. The van der Waals surface area contributed by atoms with Gasteiger partial charge < -0.3 is 4.90 Å². The molecule has 0 aromatic carbocycles. The maximum absolute atomic E-state index is 4.40. The smallest absolute Gasteiger partial charge is 0.125 e. The molecule has 2 nitrogen and oxygen atoms in total. The zero-order chi connectivity index (χ0) is 10.8. The molecule has 0 atom stereocenters. The van der Waals surface area contributed by atoms with Gasteiger partial charge in [0.15, 0.2) is 0 Å². The second kappa shape index (κ2) is 4.26. The Bertz CT molecular complexity index is 505. The molecule has 0 aliphatic carbocycles. The third kappa shape index (κ3) is 1.71. The molecule has 3 heteroatoms. The lowest BCUT2D eigenvalue weighted by Crippen LogP contribution is -2.23. The highest BCUT2D eigenvalue weighted by Crippen LogP contribution is 2.32. The monoisotopic (exact) mass is 230 g/mol. The van der Waals surface area contributed by atoms with Crippen molar-refractivity contribution >= 4 is 27.2 Å². The minimum atomic E-state index is 1.12. The first-order valence-electron chi connectivity index (χ1n) is 5.67. The van der Waals surface area contributed by atoms with E-state index >= 15 is 0 Å². The minimum Gasteiger partial charge on any atom is -0.370 e. The zero-order valence-electron chi connectivity index (χ0n) is 9.10. The van der Waals surface area contributed by atoms with Gasteiger partial charge in [-0.3, -0.25) is 0 Å². The zero-order valence-corrected chi connectivity index (χ0v) is 9.91. The number of rotatable bonds is 1. The molecule has 3 rings (SSSR count). The fraction of sp³-hybridized carbons (Fsp3) is 0.308. The highest BCUT2D eigenvalue weighted by Gasteiger charge is 2.12. The van der Waals surface area contributed by atoms with Crippen molar-refractivity contribution in [3.8, 4) is 0 Å². The molecular weight excluding hydrogens is 216 g/mol. The first-order chi connectivity index (χ1) is 7.95. The molecule has 82 valence electrons. The van der Waals surface area contributed by atoms with E-state index in [0.717, 1.165) is 30.8 Å². The average Bonchev–Trinajstić information content (AvgIpc) is 2.57. The van der Waals surface area contributed by atoms with Gasteiger partial charge >= 0.3 is 0 Å². The molecule has 3 heterocycles. The highest BCUT2D eigenvalue weighted by molar-refractivity contribution is 7.17. The summed E-state index contributed by atoms with van der Waals surface area (Å²) in [5, 5.41) is 3.54. The summed E-state index contributed by atoms with van der Waals surface area (Å²) in [5.41, 5.74) is 1.36. The molecule has 0 saturated carbocycles. The lowest BCUT2D eigenvalue weighted by Gasteiger charge is -2.21. The maximum atomic E-state index is 4.40. The van der Waals surface area contributed by atoms with Crippen LogP contribution in [0.15, 0.2) is 35.9 Å². The van der Waals surface area contributed by atoms with Gasteiger partial charge in [-0.05, 0) is 25.0 Å². The van der Waals surface area contributed by atoms with Crippen molar-refractivity contribution in [3.63, 3.8) is 0 Å². The molecule has 0 spiro atoms. The number of thiophene rings is 1. The van der Waals surface area contributed by atoms with Crippen molar-refractivity contribution < 1.29 is 0 Å². The van der Waals surface area contributed by atoms with Crippen LogP contribution in [-0.2, 0) is 0 Å². The van der Waals surface area contributed by atoms with Crippen molar-refractivity contribution in [2.24, 2.45) is 0 Å². The third-order valence-electron chi connectivity index (χ3n) is 2.97. The molecule has 0 fully saturated rings. The molecule has 0 amide bonds. The maximum Gasteiger partial charge on any atom is 0.125 e. The van der Waals surface area contributed by atoms with Gasteiger partial charge in [0.25, 0.3) is 0 Å². The van der Waals surface area contributed by atoms with E-state index in [0.29, 0.717) is 0 Å². The largest absolute Gasteiger partial charge is 0.370 e. The van der Waals surface area contributed by atoms with Crippen molar-refractivity contribution in [1.82, 2.24) is 4.98 Å². The summed E-state index contributed by atoms with van der Waals surface area (Å²) in [6.45, 7) is 2.24. The summed E-state index contributed by atoms with van der Waals surface area (Å²) in [5.74, 6) is 0. The van der Waals surface area contributed by atoms with Crippen LogP contribution in [0.4, 0.5) is 5.69 Å². The summed E-state index contributed by atoms with van der Waals surface area (Å²) < 4.78 is 0. The van der Waals surface area contributed by atoms with E-state index in [1.165, 1.54) is 11.1 Å². The fourth-order valence-corrected chi connectivity index (χ4v) is 3.07. The lowest BCUT2D eigenvalue weighted by atomic mass is 10.2. The van der Waals surface area contributed by atoms with Crippen LogP contribution in [0.1, 0.15) is 12.8 Å². The van der Waals surface area contributed by atoms with E-state index in [1.54, 1.807) is 11.3 Å². The number of fused-ring (bicyclic) bond motifs is 1. The van der Waals surface area contributed by atoms with Crippen LogP contribution in [0.25, 0.3) is 10.2 Å².